The molecule has 1 aromatic carbocycles. The van der Waals surface area contributed by atoms with E-state index in [1.165, 1.54) is 23.3 Å². The van der Waals surface area contributed by atoms with Crippen LogP contribution in [-0.4, -0.2) is 30.7 Å². The van der Waals surface area contributed by atoms with Crippen LogP contribution in [0.5, 0.6) is 0 Å². The van der Waals surface area contributed by atoms with E-state index in [1.807, 2.05) is 12.3 Å². The van der Waals surface area contributed by atoms with E-state index in [2.05, 4.69) is 28.1 Å². The Kier molecular flexibility index (Phi) is 5.88. The van der Waals surface area contributed by atoms with Crippen LogP contribution in [0.15, 0.2) is 60.6 Å². The number of aromatic nitrogens is 4. The highest BCUT2D eigenvalue weighted by molar-refractivity contribution is 5.63. The first kappa shape index (κ1) is 23.9. The SMILES string of the molecule is CC1=C[C@H](N)C[C@H](c2ccncc2Cc2ncc3ccc(-c4c(F)cc(C5(O)CCC5)cc4F)nn23)C1. The Labute approximate surface area is 213 Å². The van der Waals surface area contributed by atoms with Crippen LogP contribution >= 0.6 is 0 Å². The third-order valence-corrected chi connectivity index (χ3v) is 7.82. The van der Waals surface area contributed by atoms with Crippen LogP contribution < -0.4 is 5.73 Å². The minimum atomic E-state index is -1.15. The molecule has 3 N–H and O–H groups in total. The van der Waals surface area contributed by atoms with Gasteiger partial charge in [-0.1, -0.05) is 11.6 Å². The Balaban J connectivity index is 1.35. The average molecular weight is 502 g/mol. The molecular weight excluding hydrogens is 472 g/mol. The minimum absolute atomic E-state index is 0.0254. The number of imidazole rings is 1. The number of hydrogen-bond donors (Lipinski definition) is 2. The Hall–Kier alpha value is -3.49. The summed E-state index contributed by atoms with van der Waals surface area (Å²) in [4.78, 5) is 8.91. The largest absolute Gasteiger partial charge is 0.385 e. The van der Waals surface area contributed by atoms with Gasteiger partial charge in [-0.25, -0.2) is 18.3 Å². The molecule has 1 fully saturated rings. The number of aliphatic hydroxyl groups is 1. The zero-order valence-corrected chi connectivity index (χ0v) is 20.7. The molecule has 190 valence electrons. The maximum atomic E-state index is 15.1. The van der Waals surface area contributed by atoms with Crippen molar-refractivity contribution in [2.24, 2.45) is 5.73 Å². The molecule has 6 nitrogen and oxygen atoms in total. The van der Waals surface area contributed by atoms with Gasteiger partial charge in [-0.3, -0.25) is 4.98 Å². The molecule has 0 bridgehead atoms. The predicted molar refractivity (Wildman–Crippen MR) is 137 cm³/mol. The number of fused-ring (bicyclic) bond motifs is 1. The molecule has 0 saturated heterocycles. The third-order valence-electron chi connectivity index (χ3n) is 7.82. The summed E-state index contributed by atoms with van der Waals surface area (Å²) in [6, 6.07) is 7.87. The minimum Gasteiger partial charge on any atom is -0.385 e. The second-order valence-electron chi connectivity index (χ2n) is 10.5. The molecule has 0 radical (unpaired) electrons. The van der Waals surface area contributed by atoms with E-state index in [4.69, 9.17) is 5.73 Å². The third kappa shape index (κ3) is 4.34. The van der Waals surface area contributed by atoms with Crippen molar-refractivity contribution in [1.82, 2.24) is 19.6 Å². The van der Waals surface area contributed by atoms with Crippen LogP contribution in [0, 0.1) is 11.6 Å². The fraction of sp³-hybridized carbons (Fsp3) is 0.345. The molecule has 6 rings (SSSR count). The van der Waals surface area contributed by atoms with E-state index < -0.39 is 17.2 Å². The number of halogens is 2. The molecule has 3 aromatic heterocycles. The van der Waals surface area contributed by atoms with Gasteiger partial charge in [-0.15, -0.1) is 0 Å². The highest BCUT2D eigenvalue weighted by atomic mass is 19.1. The molecule has 0 aliphatic heterocycles. The average Bonchev–Trinajstić information content (AvgIpc) is 3.24. The molecule has 3 heterocycles. The van der Waals surface area contributed by atoms with E-state index >= 15 is 8.78 Å². The van der Waals surface area contributed by atoms with Crippen molar-refractivity contribution < 1.29 is 13.9 Å². The van der Waals surface area contributed by atoms with Crippen LogP contribution in [0.1, 0.15) is 67.5 Å². The van der Waals surface area contributed by atoms with Gasteiger partial charge in [-0.2, -0.15) is 5.10 Å². The molecular formula is C29H29F2N5O. The summed E-state index contributed by atoms with van der Waals surface area (Å²) in [5.74, 6) is -0.537. The summed E-state index contributed by atoms with van der Waals surface area (Å²) in [7, 11) is 0. The van der Waals surface area contributed by atoms with Crippen molar-refractivity contribution in [3.63, 3.8) is 0 Å². The summed E-state index contributed by atoms with van der Waals surface area (Å²) >= 11 is 0. The Morgan fingerprint density at radius 2 is 1.92 bits per heavy atom. The number of pyridine rings is 1. The second-order valence-corrected chi connectivity index (χ2v) is 10.5. The van der Waals surface area contributed by atoms with Crippen LogP contribution in [0.3, 0.4) is 0 Å². The van der Waals surface area contributed by atoms with Gasteiger partial charge < -0.3 is 10.8 Å². The Morgan fingerprint density at radius 1 is 1.14 bits per heavy atom. The zero-order chi connectivity index (χ0) is 25.7. The topological polar surface area (TPSA) is 89.3 Å². The fourth-order valence-corrected chi connectivity index (χ4v) is 5.77. The van der Waals surface area contributed by atoms with E-state index in [1.54, 1.807) is 29.0 Å². The quantitative estimate of drug-likeness (QED) is 0.368. The van der Waals surface area contributed by atoms with Crippen LogP contribution in [-0.2, 0) is 12.0 Å². The van der Waals surface area contributed by atoms with Crippen LogP contribution in [0.2, 0.25) is 0 Å². The number of nitrogens with two attached hydrogens (primary N) is 1. The molecule has 2 atom stereocenters. The van der Waals surface area contributed by atoms with Gasteiger partial charge in [0.15, 0.2) is 0 Å². The van der Waals surface area contributed by atoms with Crippen molar-refractivity contribution in [3.05, 3.63) is 94.7 Å². The summed E-state index contributed by atoms with van der Waals surface area (Å²) < 4.78 is 31.9. The van der Waals surface area contributed by atoms with Crippen molar-refractivity contribution in [2.45, 2.75) is 63.0 Å². The van der Waals surface area contributed by atoms with Crippen LogP contribution in [0.25, 0.3) is 16.8 Å². The summed E-state index contributed by atoms with van der Waals surface area (Å²) in [5, 5.41) is 15.1. The molecule has 1 saturated carbocycles. The van der Waals surface area contributed by atoms with Crippen molar-refractivity contribution in [3.8, 4) is 11.3 Å². The second kappa shape index (κ2) is 9.11. The summed E-state index contributed by atoms with van der Waals surface area (Å²) in [6.45, 7) is 2.11. The predicted octanol–water partition coefficient (Wildman–Crippen LogP) is 5.18. The molecule has 37 heavy (non-hydrogen) atoms. The van der Waals surface area contributed by atoms with Gasteiger partial charge in [0, 0.05) is 24.9 Å². The molecule has 2 aliphatic carbocycles. The normalized spacial score (nSPS) is 21.1. The highest BCUT2D eigenvalue weighted by Gasteiger charge is 2.37. The number of hydrogen-bond acceptors (Lipinski definition) is 5. The molecule has 0 spiro atoms. The van der Waals surface area contributed by atoms with Gasteiger partial charge >= 0.3 is 0 Å². The van der Waals surface area contributed by atoms with E-state index in [9.17, 15) is 5.11 Å². The van der Waals surface area contributed by atoms with Gasteiger partial charge in [0.05, 0.1) is 28.6 Å². The first-order chi connectivity index (χ1) is 17.8. The van der Waals surface area contributed by atoms with Gasteiger partial charge in [0.25, 0.3) is 0 Å². The fourth-order valence-electron chi connectivity index (χ4n) is 5.77. The van der Waals surface area contributed by atoms with Crippen molar-refractivity contribution in [2.75, 3.05) is 0 Å². The zero-order valence-electron chi connectivity index (χ0n) is 20.7. The van der Waals surface area contributed by atoms with E-state index in [-0.39, 0.29) is 22.9 Å². The van der Waals surface area contributed by atoms with Gasteiger partial charge in [-0.05, 0) is 92.0 Å². The number of allylic oxidation sites excluding steroid dienone is 1. The lowest BCUT2D eigenvalue weighted by molar-refractivity contribution is -0.0392. The van der Waals surface area contributed by atoms with Crippen molar-refractivity contribution in [1.29, 1.82) is 0 Å². The number of nitrogens with zero attached hydrogens (tertiary/aromatic N) is 4. The van der Waals surface area contributed by atoms with Gasteiger partial charge in [0.2, 0.25) is 0 Å². The smallest absolute Gasteiger partial charge is 0.136 e. The lowest BCUT2D eigenvalue weighted by Crippen LogP contribution is -2.33. The Morgan fingerprint density at radius 3 is 2.62 bits per heavy atom. The molecule has 2 aliphatic rings. The van der Waals surface area contributed by atoms with Crippen molar-refractivity contribution >= 4 is 5.52 Å². The first-order valence-electron chi connectivity index (χ1n) is 12.7. The molecule has 8 heteroatoms. The Bertz CT molecular complexity index is 1500. The highest BCUT2D eigenvalue weighted by Crippen LogP contribution is 2.42. The maximum Gasteiger partial charge on any atom is 0.136 e. The molecule has 4 aromatic rings. The standard InChI is InChI=1S/C29H29F2N5O/c1-17-9-18(11-21(32)10-17)23-5-8-33-15-19(23)12-27-34-16-22-3-4-26(35-36(22)27)28-24(30)13-20(14-25(28)31)29(37)6-2-7-29/h3-5,8,10,13-16,18,21,37H,2,6-7,9,11-12,32H2,1H3/t18-,21+/m1/s1. The van der Waals surface area contributed by atoms with E-state index in [0.29, 0.717) is 31.0 Å². The molecule has 0 unspecified atom stereocenters. The number of rotatable bonds is 5. The summed E-state index contributed by atoms with van der Waals surface area (Å²) in [6.07, 6.45) is 11.6. The lowest BCUT2D eigenvalue weighted by atomic mass is 9.75. The maximum absolute atomic E-state index is 15.1. The molecule has 0 amide bonds. The van der Waals surface area contributed by atoms with E-state index in [0.717, 1.165) is 30.3 Å². The van der Waals surface area contributed by atoms with Gasteiger partial charge in [0.1, 0.15) is 17.5 Å². The summed E-state index contributed by atoms with van der Waals surface area (Å²) in [5.41, 5.74) is 9.57. The van der Waals surface area contributed by atoms with Crippen LogP contribution in [0.4, 0.5) is 8.78 Å². The monoisotopic (exact) mass is 501 g/mol. The number of benzene rings is 1. The first-order valence-corrected chi connectivity index (χ1v) is 12.7. The lowest BCUT2D eigenvalue weighted by Gasteiger charge is -2.37.